The first kappa shape index (κ1) is 14.1. The number of alkyl halides is 3. The van der Waals surface area contributed by atoms with E-state index >= 15 is 0 Å². The molecule has 0 spiro atoms. The fourth-order valence-corrected chi connectivity index (χ4v) is 1.52. The van der Waals surface area contributed by atoms with Crippen LogP contribution < -0.4 is 0 Å². The summed E-state index contributed by atoms with van der Waals surface area (Å²) in [4.78, 5) is 3.51. The minimum absolute atomic E-state index is 0.175. The molecule has 0 aliphatic carbocycles. The van der Waals surface area contributed by atoms with E-state index in [1.54, 1.807) is 48.5 Å². The minimum Gasteiger partial charge on any atom is -0.469 e. The summed E-state index contributed by atoms with van der Waals surface area (Å²) in [7, 11) is 0. The van der Waals surface area contributed by atoms with Crippen molar-refractivity contribution in [1.82, 2.24) is 0 Å². The van der Waals surface area contributed by atoms with Crippen LogP contribution in [0.3, 0.4) is 0 Å². The van der Waals surface area contributed by atoms with E-state index < -0.39 is 12.1 Å². The van der Waals surface area contributed by atoms with Crippen molar-refractivity contribution >= 4 is 11.6 Å². The van der Waals surface area contributed by atoms with Gasteiger partial charge in [0.05, 0.1) is 5.69 Å². The second-order valence-electron chi connectivity index (χ2n) is 4.02. The Balaban J connectivity index is 2.15. The van der Waals surface area contributed by atoms with E-state index in [4.69, 9.17) is 4.74 Å². The van der Waals surface area contributed by atoms with Crippen LogP contribution in [0.2, 0.25) is 0 Å². The zero-order valence-electron chi connectivity index (χ0n) is 10.5. The zero-order chi connectivity index (χ0) is 14.4. The van der Waals surface area contributed by atoms with Gasteiger partial charge in [-0.1, -0.05) is 48.5 Å². The van der Waals surface area contributed by atoms with Crippen molar-refractivity contribution in [2.24, 2.45) is 4.99 Å². The summed E-state index contributed by atoms with van der Waals surface area (Å²) in [6, 6.07) is 16.5. The Morgan fingerprint density at radius 2 is 1.45 bits per heavy atom. The van der Waals surface area contributed by atoms with E-state index in [0.29, 0.717) is 5.56 Å². The van der Waals surface area contributed by atoms with Gasteiger partial charge in [-0.2, -0.15) is 13.2 Å². The number of hydrogen-bond acceptors (Lipinski definition) is 2. The third-order valence-electron chi connectivity index (χ3n) is 2.45. The highest BCUT2D eigenvalue weighted by molar-refractivity contribution is 5.84. The molecule has 0 aliphatic rings. The largest absolute Gasteiger partial charge is 0.469 e. The van der Waals surface area contributed by atoms with Crippen molar-refractivity contribution in [3.8, 4) is 0 Å². The first-order valence-corrected chi connectivity index (χ1v) is 5.93. The molecule has 0 radical (unpaired) electrons. The van der Waals surface area contributed by atoms with Gasteiger partial charge >= 0.3 is 6.18 Å². The maximum absolute atomic E-state index is 12.9. The quantitative estimate of drug-likeness (QED) is 0.599. The molecule has 0 fully saturated rings. The van der Waals surface area contributed by atoms with Crippen LogP contribution in [0, 0.1) is 0 Å². The lowest BCUT2D eigenvalue weighted by Crippen LogP contribution is -2.25. The highest BCUT2D eigenvalue weighted by atomic mass is 19.4. The molecule has 0 amide bonds. The standard InChI is InChI=1S/C15H12F3NO/c16-15(17,18)14(19-13-9-5-2-6-10-13)20-11-12-7-3-1-4-8-12/h1-10H,11H2/b19-14-. The Morgan fingerprint density at radius 3 is 2.00 bits per heavy atom. The van der Waals surface area contributed by atoms with Crippen LogP contribution in [-0.2, 0) is 11.3 Å². The van der Waals surface area contributed by atoms with Crippen molar-refractivity contribution < 1.29 is 17.9 Å². The number of hydrogen-bond donors (Lipinski definition) is 0. The molecule has 20 heavy (non-hydrogen) atoms. The maximum Gasteiger partial charge on any atom is 0.468 e. The molecule has 0 N–H and O–H groups in total. The second-order valence-corrected chi connectivity index (χ2v) is 4.02. The molecule has 0 bridgehead atoms. The summed E-state index contributed by atoms with van der Waals surface area (Å²) in [6.45, 7) is -0.175. The topological polar surface area (TPSA) is 21.6 Å². The average Bonchev–Trinajstić information content (AvgIpc) is 2.44. The van der Waals surface area contributed by atoms with Gasteiger partial charge in [-0.05, 0) is 17.7 Å². The summed E-state index contributed by atoms with van der Waals surface area (Å²) < 4.78 is 43.4. The molecule has 0 saturated carbocycles. The van der Waals surface area contributed by atoms with Gasteiger partial charge in [-0.25, -0.2) is 4.99 Å². The molecule has 0 aromatic heterocycles. The molecule has 0 aliphatic heterocycles. The van der Waals surface area contributed by atoms with Gasteiger partial charge in [-0.15, -0.1) is 0 Å². The van der Waals surface area contributed by atoms with Gasteiger partial charge in [-0.3, -0.25) is 0 Å². The lowest BCUT2D eigenvalue weighted by molar-refractivity contribution is -0.0791. The molecule has 0 saturated heterocycles. The SMILES string of the molecule is FC(F)(F)/C(=N/c1ccccc1)OCc1ccccc1. The Morgan fingerprint density at radius 1 is 0.900 bits per heavy atom. The van der Waals surface area contributed by atoms with E-state index in [0.717, 1.165) is 0 Å². The van der Waals surface area contributed by atoms with Crippen LogP contribution in [0.25, 0.3) is 0 Å². The first-order valence-electron chi connectivity index (χ1n) is 5.93. The molecular formula is C15H12F3NO. The van der Waals surface area contributed by atoms with Gasteiger partial charge in [0.2, 0.25) is 0 Å². The zero-order valence-corrected chi connectivity index (χ0v) is 10.5. The molecule has 104 valence electrons. The van der Waals surface area contributed by atoms with E-state index in [9.17, 15) is 13.2 Å². The maximum atomic E-state index is 12.9. The van der Waals surface area contributed by atoms with Crippen LogP contribution in [0.4, 0.5) is 18.9 Å². The number of benzene rings is 2. The Hall–Kier alpha value is -2.30. The van der Waals surface area contributed by atoms with Crippen molar-refractivity contribution in [3.05, 3.63) is 66.2 Å². The molecule has 2 aromatic rings. The fourth-order valence-electron chi connectivity index (χ4n) is 1.52. The highest BCUT2D eigenvalue weighted by Crippen LogP contribution is 2.23. The van der Waals surface area contributed by atoms with Gasteiger partial charge < -0.3 is 4.74 Å². The Kier molecular flexibility index (Phi) is 4.40. The van der Waals surface area contributed by atoms with Crippen molar-refractivity contribution in [2.75, 3.05) is 0 Å². The number of nitrogens with zero attached hydrogens (tertiary/aromatic N) is 1. The third-order valence-corrected chi connectivity index (χ3v) is 2.45. The van der Waals surface area contributed by atoms with Gasteiger partial charge in [0, 0.05) is 0 Å². The number of para-hydroxylation sites is 1. The van der Waals surface area contributed by atoms with Crippen molar-refractivity contribution in [1.29, 1.82) is 0 Å². The normalized spacial score (nSPS) is 12.2. The van der Waals surface area contributed by atoms with E-state index in [1.807, 2.05) is 0 Å². The third kappa shape index (κ3) is 4.12. The predicted octanol–water partition coefficient (Wildman–Crippen LogP) is 4.50. The van der Waals surface area contributed by atoms with Crippen LogP contribution >= 0.6 is 0 Å². The fraction of sp³-hybridized carbons (Fsp3) is 0.133. The number of halogens is 3. The molecular weight excluding hydrogens is 267 g/mol. The molecule has 2 aromatic carbocycles. The van der Waals surface area contributed by atoms with E-state index in [2.05, 4.69) is 4.99 Å². The lowest BCUT2D eigenvalue weighted by Gasteiger charge is -2.12. The highest BCUT2D eigenvalue weighted by Gasteiger charge is 2.38. The van der Waals surface area contributed by atoms with Crippen LogP contribution in [0.1, 0.15) is 5.56 Å². The van der Waals surface area contributed by atoms with Gasteiger partial charge in [0.1, 0.15) is 6.61 Å². The van der Waals surface area contributed by atoms with Crippen molar-refractivity contribution in [2.45, 2.75) is 12.8 Å². The number of rotatable bonds is 3. The minimum atomic E-state index is -4.62. The molecule has 2 nitrogen and oxygen atoms in total. The Labute approximate surface area is 114 Å². The van der Waals surface area contributed by atoms with Gasteiger partial charge in [0.25, 0.3) is 5.90 Å². The van der Waals surface area contributed by atoms with Crippen LogP contribution in [0.5, 0.6) is 0 Å². The molecule has 0 unspecified atom stereocenters. The number of ether oxygens (including phenoxy) is 1. The monoisotopic (exact) mass is 279 g/mol. The van der Waals surface area contributed by atoms with E-state index in [1.165, 1.54) is 12.1 Å². The molecule has 2 rings (SSSR count). The average molecular weight is 279 g/mol. The molecule has 5 heteroatoms. The number of aliphatic imine (C=N–C) groups is 1. The van der Waals surface area contributed by atoms with Gasteiger partial charge in [0.15, 0.2) is 0 Å². The summed E-state index contributed by atoms with van der Waals surface area (Å²) in [5, 5.41) is 0. The van der Waals surface area contributed by atoms with Crippen LogP contribution in [-0.4, -0.2) is 12.1 Å². The predicted molar refractivity (Wildman–Crippen MR) is 70.8 cm³/mol. The summed E-state index contributed by atoms with van der Waals surface area (Å²) in [5.41, 5.74) is 0.852. The molecule has 0 atom stereocenters. The first-order chi connectivity index (χ1) is 9.55. The lowest BCUT2D eigenvalue weighted by atomic mass is 10.2. The summed E-state index contributed by atoms with van der Waals surface area (Å²) in [6.07, 6.45) is -4.62. The molecule has 0 heterocycles. The van der Waals surface area contributed by atoms with Crippen molar-refractivity contribution in [3.63, 3.8) is 0 Å². The summed E-state index contributed by atoms with van der Waals surface area (Å²) in [5.74, 6) is -1.24. The Bertz CT molecular complexity index is 565. The summed E-state index contributed by atoms with van der Waals surface area (Å²) >= 11 is 0. The second kappa shape index (κ2) is 6.23. The smallest absolute Gasteiger partial charge is 0.468 e. The van der Waals surface area contributed by atoms with E-state index in [-0.39, 0.29) is 12.3 Å². The van der Waals surface area contributed by atoms with Crippen LogP contribution in [0.15, 0.2) is 65.7 Å².